The van der Waals surface area contributed by atoms with Crippen LogP contribution < -0.4 is 0 Å². The standard InChI is InChI=1S/C27H34S/c1-26(2,3)21-13-17-24(18-14-21)28(7,23-11-9-8-10-12-23)25-19-15-22(16-20-25)27(4,5)6/h8-20H,1-7H3. The van der Waals surface area contributed by atoms with Crippen LogP contribution in [0.3, 0.4) is 0 Å². The van der Waals surface area contributed by atoms with E-state index >= 15 is 0 Å². The van der Waals surface area contributed by atoms with Crippen LogP contribution in [0.2, 0.25) is 0 Å². The Balaban J connectivity index is 2.14. The van der Waals surface area contributed by atoms with Crippen molar-refractivity contribution in [3.05, 3.63) is 90.0 Å². The van der Waals surface area contributed by atoms with E-state index in [2.05, 4.69) is 127 Å². The topological polar surface area (TPSA) is 0 Å². The van der Waals surface area contributed by atoms with Crippen molar-refractivity contribution in [1.82, 2.24) is 0 Å². The summed E-state index contributed by atoms with van der Waals surface area (Å²) in [7, 11) is -1.30. The van der Waals surface area contributed by atoms with Crippen molar-refractivity contribution in [1.29, 1.82) is 0 Å². The fourth-order valence-electron chi connectivity index (χ4n) is 3.56. The Bertz CT molecular complexity index is 848. The predicted octanol–water partition coefficient (Wildman–Crippen LogP) is 8.19. The van der Waals surface area contributed by atoms with Gasteiger partial charge in [0.1, 0.15) is 0 Å². The second-order valence-corrected chi connectivity index (χ2v) is 13.0. The lowest BCUT2D eigenvalue weighted by molar-refractivity contribution is 0.589. The van der Waals surface area contributed by atoms with Gasteiger partial charge < -0.3 is 0 Å². The maximum absolute atomic E-state index is 2.43. The van der Waals surface area contributed by atoms with Gasteiger partial charge in [-0.1, -0.05) is 84.0 Å². The third kappa shape index (κ3) is 4.05. The molecule has 0 aliphatic heterocycles. The Morgan fingerprint density at radius 3 is 1.11 bits per heavy atom. The van der Waals surface area contributed by atoms with Gasteiger partial charge >= 0.3 is 0 Å². The minimum absolute atomic E-state index is 0.172. The molecular weight excluding hydrogens is 356 g/mol. The fourth-order valence-corrected chi connectivity index (χ4v) is 6.43. The Morgan fingerprint density at radius 1 is 0.464 bits per heavy atom. The van der Waals surface area contributed by atoms with Gasteiger partial charge in [-0.05, 0) is 79.3 Å². The van der Waals surface area contributed by atoms with E-state index in [-0.39, 0.29) is 10.8 Å². The molecule has 0 unspecified atom stereocenters. The van der Waals surface area contributed by atoms with Crippen LogP contribution in [0.25, 0.3) is 0 Å². The zero-order valence-electron chi connectivity index (χ0n) is 18.4. The average molecular weight is 391 g/mol. The molecule has 0 fully saturated rings. The summed E-state index contributed by atoms with van der Waals surface area (Å²) in [6, 6.07) is 29.6. The first-order valence-corrected chi connectivity index (χ1v) is 12.1. The number of hydrogen-bond acceptors (Lipinski definition) is 0. The van der Waals surface area contributed by atoms with Gasteiger partial charge in [-0.2, -0.15) is 10.0 Å². The Hall–Kier alpha value is -1.99. The average Bonchev–Trinajstić information content (AvgIpc) is 2.67. The second kappa shape index (κ2) is 7.44. The number of hydrogen-bond donors (Lipinski definition) is 0. The highest BCUT2D eigenvalue weighted by molar-refractivity contribution is 8.33. The highest BCUT2D eigenvalue weighted by Gasteiger charge is 2.27. The molecule has 0 N–H and O–H groups in total. The molecule has 0 saturated heterocycles. The van der Waals surface area contributed by atoms with Crippen LogP contribution >= 0.6 is 10.0 Å². The lowest BCUT2D eigenvalue weighted by Gasteiger charge is -2.38. The predicted molar refractivity (Wildman–Crippen MR) is 125 cm³/mol. The van der Waals surface area contributed by atoms with E-state index in [1.807, 2.05) is 0 Å². The normalized spacial score (nSPS) is 13.4. The first kappa shape index (κ1) is 20.7. The summed E-state index contributed by atoms with van der Waals surface area (Å²) in [4.78, 5) is 4.23. The van der Waals surface area contributed by atoms with Crippen LogP contribution in [0.5, 0.6) is 0 Å². The molecule has 148 valence electrons. The van der Waals surface area contributed by atoms with Crippen molar-refractivity contribution in [3.8, 4) is 0 Å². The Morgan fingerprint density at radius 2 is 0.786 bits per heavy atom. The molecule has 0 aliphatic rings. The van der Waals surface area contributed by atoms with E-state index in [1.54, 1.807) is 0 Å². The lowest BCUT2D eigenvalue weighted by atomic mass is 9.87. The van der Waals surface area contributed by atoms with Gasteiger partial charge in [-0.3, -0.25) is 0 Å². The van der Waals surface area contributed by atoms with Crippen LogP contribution in [-0.2, 0) is 10.8 Å². The monoisotopic (exact) mass is 390 g/mol. The summed E-state index contributed by atoms with van der Waals surface area (Å²) >= 11 is 0. The Labute approximate surface area is 173 Å². The first-order chi connectivity index (χ1) is 13.0. The van der Waals surface area contributed by atoms with E-state index in [9.17, 15) is 0 Å². The van der Waals surface area contributed by atoms with Gasteiger partial charge in [0.15, 0.2) is 0 Å². The number of benzene rings is 3. The fraction of sp³-hybridized carbons (Fsp3) is 0.333. The minimum atomic E-state index is -1.30. The molecule has 0 aromatic heterocycles. The van der Waals surface area contributed by atoms with Crippen molar-refractivity contribution in [2.24, 2.45) is 0 Å². The van der Waals surface area contributed by atoms with E-state index in [4.69, 9.17) is 0 Å². The first-order valence-electron chi connectivity index (χ1n) is 10.1. The summed E-state index contributed by atoms with van der Waals surface area (Å²) in [6.45, 7) is 13.6. The molecule has 0 bridgehead atoms. The van der Waals surface area contributed by atoms with Crippen molar-refractivity contribution < 1.29 is 0 Å². The zero-order chi connectivity index (χ0) is 20.6. The molecule has 0 spiro atoms. The minimum Gasteiger partial charge on any atom is -0.163 e. The van der Waals surface area contributed by atoms with E-state index < -0.39 is 10.0 Å². The van der Waals surface area contributed by atoms with Gasteiger partial charge in [0.2, 0.25) is 0 Å². The number of rotatable bonds is 3. The molecule has 3 aromatic carbocycles. The molecule has 0 atom stereocenters. The maximum atomic E-state index is 2.43. The molecule has 0 saturated carbocycles. The summed E-state index contributed by atoms with van der Waals surface area (Å²) in [5.74, 6) is 0. The molecule has 0 heterocycles. The smallest absolute Gasteiger partial charge is 0.00210 e. The molecule has 3 rings (SSSR count). The van der Waals surface area contributed by atoms with Crippen LogP contribution in [0.4, 0.5) is 0 Å². The van der Waals surface area contributed by atoms with Crippen molar-refractivity contribution in [2.75, 3.05) is 6.26 Å². The summed E-state index contributed by atoms with van der Waals surface area (Å²) in [5.41, 5.74) is 3.11. The summed E-state index contributed by atoms with van der Waals surface area (Å²) in [6.07, 6.45) is 2.43. The van der Waals surface area contributed by atoms with Crippen molar-refractivity contribution >= 4 is 10.0 Å². The molecule has 1 heteroatoms. The molecule has 3 aromatic rings. The van der Waals surface area contributed by atoms with E-state index in [0.29, 0.717) is 0 Å². The van der Waals surface area contributed by atoms with Gasteiger partial charge in [0, 0.05) is 0 Å². The van der Waals surface area contributed by atoms with E-state index in [1.165, 1.54) is 25.8 Å². The van der Waals surface area contributed by atoms with Gasteiger partial charge in [-0.15, -0.1) is 0 Å². The highest BCUT2D eigenvalue weighted by atomic mass is 32.3. The molecule has 28 heavy (non-hydrogen) atoms. The third-order valence-electron chi connectivity index (χ3n) is 5.60. The van der Waals surface area contributed by atoms with Crippen molar-refractivity contribution in [2.45, 2.75) is 67.1 Å². The second-order valence-electron chi connectivity index (χ2n) is 9.78. The lowest BCUT2D eigenvalue weighted by Crippen LogP contribution is -2.12. The molecule has 0 aliphatic carbocycles. The highest BCUT2D eigenvalue weighted by Crippen LogP contribution is 2.65. The SMILES string of the molecule is CC(C)(C)c1ccc(S(C)(c2ccccc2)c2ccc(C(C)(C)C)cc2)cc1. The largest absolute Gasteiger partial charge is 0.163 e. The van der Waals surface area contributed by atoms with Crippen LogP contribution in [0.15, 0.2) is 93.5 Å². The quantitative estimate of drug-likeness (QED) is 0.423. The molecule has 0 nitrogen and oxygen atoms in total. The zero-order valence-corrected chi connectivity index (χ0v) is 19.2. The van der Waals surface area contributed by atoms with E-state index in [0.717, 1.165) is 0 Å². The maximum Gasteiger partial charge on any atom is -0.00210 e. The Kier molecular flexibility index (Phi) is 5.51. The third-order valence-corrected chi connectivity index (χ3v) is 9.24. The molecular formula is C27H34S. The summed E-state index contributed by atoms with van der Waals surface area (Å²) in [5, 5.41) is 0. The van der Waals surface area contributed by atoms with Crippen LogP contribution in [0.1, 0.15) is 52.7 Å². The van der Waals surface area contributed by atoms with Crippen molar-refractivity contribution in [3.63, 3.8) is 0 Å². The molecule has 0 amide bonds. The van der Waals surface area contributed by atoms with Crippen LogP contribution in [0, 0.1) is 0 Å². The van der Waals surface area contributed by atoms with Gasteiger partial charge in [0.05, 0.1) is 0 Å². The molecule has 0 radical (unpaired) electrons. The van der Waals surface area contributed by atoms with Gasteiger partial charge in [-0.25, -0.2) is 0 Å². The van der Waals surface area contributed by atoms with Gasteiger partial charge in [0.25, 0.3) is 0 Å². The summed E-state index contributed by atoms with van der Waals surface area (Å²) < 4.78 is 0. The van der Waals surface area contributed by atoms with Crippen LogP contribution in [-0.4, -0.2) is 6.26 Å².